The van der Waals surface area contributed by atoms with E-state index in [-0.39, 0.29) is 0 Å². The van der Waals surface area contributed by atoms with Gasteiger partial charge in [0, 0.05) is 10.8 Å². The van der Waals surface area contributed by atoms with Crippen LogP contribution in [0.5, 0.6) is 0 Å². The number of fused-ring (bicyclic) bond motifs is 9. The van der Waals surface area contributed by atoms with Gasteiger partial charge in [0.1, 0.15) is 11.2 Å². The Kier molecular flexibility index (Phi) is 7.00. The second-order valence-corrected chi connectivity index (χ2v) is 15.1. The minimum Gasteiger partial charge on any atom is -0.456 e. The fraction of sp³-hybridized carbons (Fsp3) is 0. The SMILES string of the molecule is c1cc(-c2ccc3oc4ccccc4c3c2)c(-c2c3ccccc3c(-c3cc4ccccc4c4ccccc34)c3ccccc23)c(-c2cccc3ccccc23)c1. The maximum Gasteiger partial charge on any atom is 0.135 e. The van der Waals surface area contributed by atoms with E-state index >= 15 is 0 Å². The van der Waals surface area contributed by atoms with Crippen LogP contribution >= 0.6 is 0 Å². The molecule has 1 aromatic heterocycles. The number of para-hydroxylation sites is 1. The molecule has 1 nitrogen and oxygen atoms in total. The lowest BCUT2D eigenvalue weighted by atomic mass is 9.79. The molecule has 0 fully saturated rings. The molecule has 0 aliphatic carbocycles. The molecule has 0 aliphatic heterocycles. The summed E-state index contributed by atoms with van der Waals surface area (Å²) in [5.41, 5.74) is 11.6. The molecule has 264 valence electrons. The van der Waals surface area contributed by atoms with E-state index in [1.807, 2.05) is 6.07 Å². The molecule has 0 saturated carbocycles. The summed E-state index contributed by atoms with van der Waals surface area (Å²) in [4.78, 5) is 0. The van der Waals surface area contributed by atoms with E-state index in [2.05, 4.69) is 200 Å². The number of hydrogen-bond donors (Lipinski definition) is 0. The molecule has 0 bridgehead atoms. The first-order valence-electron chi connectivity index (χ1n) is 19.7. The Morgan fingerprint density at radius 2 is 0.737 bits per heavy atom. The highest BCUT2D eigenvalue weighted by Gasteiger charge is 2.24. The summed E-state index contributed by atoms with van der Waals surface area (Å²) in [5.74, 6) is 0. The molecule has 57 heavy (non-hydrogen) atoms. The fourth-order valence-corrected chi connectivity index (χ4v) is 9.59. The molecule has 0 aliphatic rings. The predicted molar refractivity (Wildman–Crippen MR) is 243 cm³/mol. The maximum atomic E-state index is 6.33. The summed E-state index contributed by atoms with van der Waals surface area (Å²) >= 11 is 0. The van der Waals surface area contributed by atoms with Crippen LogP contribution in [0.2, 0.25) is 0 Å². The third kappa shape index (κ3) is 4.83. The quantitative estimate of drug-likeness (QED) is 0.130. The summed E-state index contributed by atoms with van der Waals surface area (Å²) in [6.07, 6.45) is 0. The van der Waals surface area contributed by atoms with E-state index in [1.54, 1.807) is 0 Å². The summed E-state index contributed by atoms with van der Waals surface area (Å²) in [7, 11) is 0. The minimum absolute atomic E-state index is 0.898. The molecule has 1 heterocycles. The first-order chi connectivity index (χ1) is 28.3. The normalized spacial score (nSPS) is 11.9. The van der Waals surface area contributed by atoms with Gasteiger partial charge in [-0.1, -0.05) is 182 Å². The van der Waals surface area contributed by atoms with Crippen molar-refractivity contribution in [3.63, 3.8) is 0 Å². The Labute approximate surface area is 329 Å². The van der Waals surface area contributed by atoms with Crippen LogP contribution in [0.4, 0.5) is 0 Å². The fourth-order valence-electron chi connectivity index (χ4n) is 9.59. The van der Waals surface area contributed by atoms with Crippen LogP contribution in [0.15, 0.2) is 211 Å². The van der Waals surface area contributed by atoms with Crippen molar-refractivity contribution in [3.05, 3.63) is 206 Å². The molecular weight excluding hydrogens is 689 g/mol. The van der Waals surface area contributed by atoms with Gasteiger partial charge in [-0.2, -0.15) is 0 Å². The van der Waals surface area contributed by atoms with Crippen LogP contribution in [-0.2, 0) is 0 Å². The molecule has 0 unspecified atom stereocenters. The van der Waals surface area contributed by atoms with Crippen molar-refractivity contribution in [2.75, 3.05) is 0 Å². The van der Waals surface area contributed by atoms with E-state index in [0.717, 1.165) is 27.5 Å². The van der Waals surface area contributed by atoms with Crippen molar-refractivity contribution in [3.8, 4) is 44.5 Å². The molecule has 12 rings (SSSR count). The van der Waals surface area contributed by atoms with Gasteiger partial charge in [-0.3, -0.25) is 0 Å². The zero-order valence-electron chi connectivity index (χ0n) is 31.0. The van der Waals surface area contributed by atoms with Crippen LogP contribution in [0.25, 0.3) is 120 Å². The lowest BCUT2D eigenvalue weighted by Crippen LogP contribution is -1.96. The molecule has 11 aromatic carbocycles. The van der Waals surface area contributed by atoms with Gasteiger partial charge in [0.05, 0.1) is 0 Å². The second-order valence-electron chi connectivity index (χ2n) is 15.1. The molecule has 0 saturated heterocycles. The monoisotopic (exact) mass is 722 g/mol. The van der Waals surface area contributed by atoms with Crippen LogP contribution in [-0.4, -0.2) is 0 Å². The highest BCUT2D eigenvalue weighted by atomic mass is 16.3. The first kappa shape index (κ1) is 31.8. The van der Waals surface area contributed by atoms with Crippen molar-refractivity contribution in [1.82, 2.24) is 0 Å². The Balaban J connectivity index is 1.25. The number of rotatable bonds is 4. The van der Waals surface area contributed by atoms with Crippen molar-refractivity contribution >= 4 is 75.8 Å². The van der Waals surface area contributed by atoms with Gasteiger partial charge >= 0.3 is 0 Å². The second kappa shape index (κ2) is 12.5. The summed E-state index contributed by atoms with van der Waals surface area (Å²) < 4.78 is 6.33. The largest absolute Gasteiger partial charge is 0.456 e. The third-order valence-corrected chi connectivity index (χ3v) is 12.1. The number of hydrogen-bond acceptors (Lipinski definition) is 1. The van der Waals surface area contributed by atoms with Crippen LogP contribution in [0, 0.1) is 0 Å². The third-order valence-electron chi connectivity index (χ3n) is 12.1. The standard InChI is InChI=1S/C56H34O/c1-3-18-38-35(15-1)17-13-28-42(38)45-29-14-27-40(37-31-32-53-50(33-37)44-22-11-12-30-52(44)57-53)55(45)56-48-25-9-7-23-46(48)54(47-24-8-10-26-49(47)56)51-34-36-16-2-4-19-39(36)41-20-5-6-21-43(41)51/h1-34H. The van der Waals surface area contributed by atoms with Crippen LogP contribution in [0.3, 0.4) is 0 Å². The van der Waals surface area contributed by atoms with E-state index in [1.165, 1.54) is 92.8 Å². The van der Waals surface area contributed by atoms with Crippen molar-refractivity contribution in [1.29, 1.82) is 0 Å². The Morgan fingerprint density at radius 3 is 1.49 bits per heavy atom. The highest BCUT2D eigenvalue weighted by molar-refractivity contribution is 6.27. The smallest absolute Gasteiger partial charge is 0.135 e. The summed E-state index contributed by atoms with van der Waals surface area (Å²) in [6, 6.07) is 75.6. The van der Waals surface area contributed by atoms with E-state index < -0.39 is 0 Å². The molecular formula is C56H34O. The van der Waals surface area contributed by atoms with Gasteiger partial charge in [0.25, 0.3) is 0 Å². The van der Waals surface area contributed by atoms with Gasteiger partial charge in [-0.25, -0.2) is 0 Å². The topological polar surface area (TPSA) is 13.1 Å². The lowest BCUT2D eigenvalue weighted by Gasteiger charge is -2.23. The molecule has 0 atom stereocenters. The average molecular weight is 723 g/mol. The predicted octanol–water partition coefficient (Wildman–Crippen LogP) is 16.0. The summed E-state index contributed by atoms with van der Waals surface area (Å²) in [5, 5.41) is 14.7. The van der Waals surface area contributed by atoms with E-state index in [9.17, 15) is 0 Å². The van der Waals surface area contributed by atoms with Gasteiger partial charge < -0.3 is 4.42 Å². The van der Waals surface area contributed by atoms with Crippen molar-refractivity contribution in [2.24, 2.45) is 0 Å². The first-order valence-corrected chi connectivity index (χ1v) is 19.7. The molecule has 12 aromatic rings. The Bertz CT molecular complexity index is 3520. The molecule has 0 spiro atoms. The molecule has 0 N–H and O–H groups in total. The zero-order chi connectivity index (χ0) is 37.5. The minimum atomic E-state index is 0.898. The number of benzene rings is 11. The van der Waals surface area contributed by atoms with E-state index in [0.29, 0.717) is 0 Å². The van der Waals surface area contributed by atoms with Crippen molar-refractivity contribution < 1.29 is 4.42 Å². The van der Waals surface area contributed by atoms with Gasteiger partial charge in [0.15, 0.2) is 0 Å². The van der Waals surface area contributed by atoms with E-state index in [4.69, 9.17) is 4.42 Å². The van der Waals surface area contributed by atoms with Gasteiger partial charge in [-0.15, -0.1) is 0 Å². The van der Waals surface area contributed by atoms with Gasteiger partial charge in [0.2, 0.25) is 0 Å². The summed E-state index contributed by atoms with van der Waals surface area (Å²) in [6.45, 7) is 0. The van der Waals surface area contributed by atoms with Crippen LogP contribution in [0.1, 0.15) is 0 Å². The van der Waals surface area contributed by atoms with Crippen LogP contribution < -0.4 is 0 Å². The Hall–Kier alpha value is -7.48. The number of furan rings is 1. The molecule has 0 amide bonds. The molecule has 1 heteroatoms. The van der Waals surface area contributed by atoms with Crippen molar-refractivity contribution in [2.45, 2.75) is 0 Å². The van der Waals surface area contributed by atoms with Gasteiger partial charge in [-0.05, 0) is 123 Å². The maximum absolute atomic E-state index is 6.33. The molecule has 0 radical (unpaired) electrons. The lowest BCUT2D eigenvalue weighted by molar-refractivity contribution is 0.669. The average Bonchev–Trinajstić information content (AvgIpc) is 3.66. The highest BCUT2D eigenvalue weighted by Crippen LogP contribution is 2.51. The Morgan fingerprint density at radius 1 is 0.228 bits per heavy atom. The zero-order valence-corrected chi connectivity index (χ0v) is 31.0.